The molecule has 0 radical (unpaired) electrons. The number of nitrogens with zero attached hydrogens (tertiary/aromatic N) is 7. The summed E-state index contributed by atoms with van der Waals surface area (Å²) in [5, 5.41) is 31.5. The molecule has 0 fully saturated rings. The van der Waals surface area contributed by atoms with Gasteiger partial charge in [0, 0.05) is 90.6 Å². The van der Waals surface area contributed by atoms with E-state index in [2.05, 4.69) is 323 Å². The molecule has 0 aliphatic heterocycles. The second-order valence-electron chi connectivity index (χ2n) is 25.4. The van der Waals surface area contributed by atoms with Crippen LogP contribution in [-0.2, 0) is 32.1 Å². The van der Waals surface area contributed by atoms with Crippen molar-refractivity contribution in [2.75, 3.05) is 0 Å². The molecule has 0 bridgehead atoms. The molecule has 20 rings (SSSR count). The van der Waals surface area contributed by atoms with Crippen LogP contribution in [-0.4, -0.2) is 34.9 Å². The Morgan fingerprint density at radius 3 is 0.780 bits per heavy atom. The summed E-state index contributed by atoms with van der Waals surface area (Å²) in [4.78, 5) is 33.0. The third-order valence-corrected chi connectivity index (χ3v) is 19.7. The molecule has 0 N–H and O–H groups in total. The van der Waals surface area contributed by atoms with E-state index in [-0.39, 0.29) is 0 Å². The van der Waals surface area contributed by atoms with E-state index in [4.69, 9.17) is 19.9 Å². The molecule has 0 amide bonds. The van der Waals surface area contributed by atoms with Crippen molar-refractivity contribution in [3.63, 3.8) is 0 Å². The minimum absolute atomic E-state index is 0.858. The second kappa shape index (κ2) is 27.4. The first-order valence-corrected chi connectivity index (χ1v) is 35.1. The third kappa shape index (κ3) is 11.4. The van der Waals surface area contributed by atoms with Crippen LogP contribution in [0.3, 0.4) is 0 Å². The lowest BCUT2D eigenvalue weighted by Gasteiger charge is -2.10. The van der Waals surface area contributed by atoms with Gasteiger partial charge in [0.2, 0.25) is 0 Å². The largest absolute Gasteiger partial charge is 0.261 e. The van der Waals surface area contributed by atoms with Gasteiger partial charge in [-0.1, -0.05) is 289 Å². The highest BCUT2D eigenvalue weighted by Crippen LogP contribution is 2.39. The first kappa shape index (κ1) is 62.6. The van der Waals surface area contributed by atoms with E-state index in [9.17, 15) is 0 Å². The van der Waals surface area contributed by atoms with Crippen molar-refractivity contribution in [1.82, 2.24) is 34.9 Å². The lowest BCUT2D eigenvalue weighted by molar-refractivity contribution is 0.963. The zero-order valence-electron chi connectivity index (χ0n) is 56.9. The summed E-state index contributed by atoms with van der Waals surface area (Å²) in [5.41, 5.74) is 9.81. The van der Waals surface area contributed by atoms with Crippen LogP contribution in [0.4, 0.5) is 0 Å². The predicted molar refractivity (Wildman–Crippen MR) is 426 cm³/mol. The maximum absolute atomic E-state index is 4.87. The number of fused-ring (bicyclic) bond motifs is 30. The van der Waals surface area contributed by atoms with Gasteiger partial charge in [0.1, 0.15) is 5.82 Å². The molecule has 0 unspecified atom stereocenters. The van der Waals surface area contributed by atoms with Crippen molar-refractivity contribution in [1.29, 1.82) is 0 Å². The number of hydrogen-bond acceptors (Lipinski definition) is 7. The highest BCUT2D eigenvalue weighted by Gasteiger charge is 2.15. The Balaban J connectivity index is 0.0000000972. The Kier molecular flexibility index (Phi) is 17.1. The van der Waals surface area contributed by atoms with E-state index >= 15 is 0 Å². The fourth-order valence-electron chi connectivity index (χ4n) is 14.7. The van der Waals surface area contributed by atoms with Crippen LogP contribution in [0.25, 0.3) is 162 Å². The monoisotopic (exact) mass is 1290 g/mol. The van der Waals surface area contributed by atoms with Crippen LogP contribution in [0.1, 0.15) is 63.2 Å². The molecule has 480 valence electrons. The van der Waals surface area contributed by atoms with Crippen molar-refractivity contribution in [3.8, 4) is 0 Å². The van der Waals surface area contributed by atoms with E-state index in [1.54, 1.807) is 0 Å². The lowest BCUT2D eigenvalue weighted by atomic mass is 9.95. The van der Waals surface area contributed by atoms with Gasteiger partial charge in [-0.15, -0.1) is 0 Å². The Hall–Kier alpha value is -12.2. The van der Waals surface area contributed by atoms with Crippen LogP contribution >= 0.6 is 0 Å². The Labute approximate surface area is 580 Å². The van der Waals surface area contributed by atoms with Gasteiger partial charge < -0.3 is 0 Å². The molecule has 0 spiro atoms. The number of benzene rings is 15. The predicted octanol–water partition coefficient (Wildman–Crippen LogP) is 24.3. The molecule has 7 heteroatoms. The van der Waals surface area contributed by atoms with Gasteiger partial charge in [-0.05, 0) is 130 Å². The molecule has 0 aliphatic carbocycles. The Bertz CT molecular complexity index is 5440. The summed E-state index contributed by atoms with van der Waals surface area (Å²) in [5.74, 6) is 0.901. The number of rotatable bonds is 5. The van der Waals surface area contributed by atoms with Crippen LogP contribution < -0.4 is 0 Å². The first-order valence-electron chi connectivity index (χ1n) is 35.1. The van der Waals surface area contributed by atoms with Gasteiger partial charge in [-0.25, -0.2) is 15.0 Å². The molecule has 5 heterocycles. The molecule has 0 aliphatic rings. The summed E-state index contributed by atoms with van der Waals surface area (Å²) in [7, 11) is 0. The zero-order chi connectivity index (χ0) is 67.6. The zero-order valence-corrected chi connectivity index (χ0v) is 56.9. The van der Waals surface area contributed by atoms with Crippen LogP contribution in [0, 0.1) is 0 Å². The molecule has 7 nitrogen and oxygen atoms in total. The molecule has 100 heavy (non-hydrogen) atoms. The normalized spacial score (nSPS) is 11.4. The molecule has 20 aromatic rings. The van der Waals surface area contributed by atoms with Crippen molar-refractivity contribution < 1.29 is 0 Å². The highest BCUT2D eigenvalue weighted by atomic mass is 14.9. The van der Waals surface area contributed by atoms with E-state index in [0.717, 1.165) is 93.7 Å². The summed E-state index contributed by atoms with van der Waals surface area (Å²) in [6, 6.07) is 96.4. The van der Waals surface area contributed by atoms with Gasteiger partial charge in [0.25, 0.3) is 0 Å². The van der Waals surface area contributed by atoms with Crippen LogP contribution in [0.15, 0.2) is 292 Å². The van der Waals surface area contributed by atoms with Gasteiger partial charge in [0.15, 0.2) is 0 Å². The maximum Gasteiger partial charge on any atom is 0.128 e. The minimum atomic E-state index is 0.858. The summed E-state index contributed by atoms with van der Waals surface area (Å²) in [6.45, 7) is 10.6. The molecule has 5 aromatic heterocycles. The van der Waals surface area contributed by atoms with Gasteiger partial charge in [-0.2, -0.15) is 0 Å². The Morgan fingerprint density at radius 1 is 0.170 bits per heavy atom. The average Bonchev–Trinajstić information content (AvgIpc) is 0.782. The molecule has 0 saturated carbocycles. The second-order valence-corrected chi connectivity index (χ2v) is 25.4. The van der Waals surface area contributed by atoms with E-state index < -0.39 is 0 Å². The van der Waals surface area contributed by atoms with Crippen molar-refractivity contribution in [2.24, 2.45) is 0 Å². The summed E-state index contributed by atoms with van der Waals surface area (Å²) >= 11 is 0. The van der Waals surface area contributed by atoms with Gasteiger partial charge in [-0.3, -0.25) is 19.9 Å². The fraction of sp³-hybridized carbons (Fsp3) is 0.108. The fourth-order valence-corrected chi connectivity index (χ4v) is 14.7. The van der Waals surface area contributed by atoms with Crippen LogP contribution in [0.5, 0.6) is 0 Å². The Morgan fingerprint density at radius 2 is 0.430 bits per heavy atom. The van der Waals surface area contributed by atoms with E-state index in [1.165, 1.54) is 129 Å². The third-order valence-electron chi connectivity index (χ3n) is 19.7. The lowest BCUT2D eigenvalue weighted by Crippen LogP contribution is -1.94. The molecular formula is C93H73N7. The number of hydrogen-bond donors (Lipinski definition) is 0. The van der Waals surface area contributed by atoms with Crippen molar-refractivity contribution in [3.05, 3.63) is 320 Å². The van der Waals surface area contributed by atoms with Crippen LogP contribution in [0.2, 0.25) is 0 Å². The maximum atomic E-state index is 4.87. The molecule has 0 atom stereocenters. The molecular weight excluding hydrogens is 1220 g/mol. The summed E-state index contributed by atoms with van der Waals surface area (Å²) in [6.07, 6.45) is 10.6. The van der Waals surface area contributed by atoms with Crippen molar-refractivity contribution >= 4 is 162 Å². The standard InChI is InChI=1S/3C19H15N.2C18H14N2/c1-2-13-11-18-16-9-5-3-7-14(16)15-8-4-6-10-17(15)19(18)12-20-13;2*1-2-13-11-12-18-16-9-4-3-7-14(16)15-8-5-6-10-17(15)19(18)20-13;1-2-12-11-19-17-15-9-5-3-7-13(15)14-8-4-6-10-16(14)18(17)20-12;1-2-17-19-11-16-14-9-4-3-7-12(14)13-8-5-6-10-15(13)18(16)20-17/h3*3-12H,2H2,1H3;2*3-11H,2H2,1H3. The average molecular weight is 1290 g/mol. The molecule has 15 aromatic carbocycles. The first-order chi connectivity index (χ1) is 49.4. The summed E-state index contributed by atoms with van der Waals surface area (Å²) < 4.78 is 0. The SMILES string of the molecule is CCc1cc2c3ccccc3c3ccccc3c2cn1.CCc1ccc2c3ccccc3c3ccccc3c2n1.CCc1ccc2c3ccccc3c3ccccc3c2n1.CCc1cnc2c3ccccc3c3ccccc3c2n1.CCc1ncc2c3ccccc3c3ccccc3c2n1. The quantitative estimate of drug-likeness (QED) is 0.159. The van der Waals surface area contributed by atoms with Crippen molar-refractivity contribution in [2.45, 2.75) is 66.7 Å². The minimum Gasteiger partial charge on any atom is -0.261 e. The number of pyridine rings is 3. The smallest absolute Gasteiger partial charge is 0.128 e. The van der Waals surface area contributed by atoms with E-state index in [0.29, 0.717) is 0 Å². The highest BCUT2D eigenvalue weighted by molar-refractivity contribution is 6.28. The van der Waals surface area contributed by atoms with E-state index in [1.807, 2.05) is 18.6 Å². The number of aromatic nitrogens is 7. The van der Waals surface area contributed by atoms with Gasteiger partial charge in [0.05, 0.1) is 33.3 Å². The van der Waals surface area contributed by atoms with Gasteiger partial charge >= 0.3 is 0 Å². The topological polar surface area (TPSA) is 90.2 Å². The molecule has 0 saturated heterocycles. The number of aryl methyl sites for hydroxylation is 5.